The number of hydrogen-bond donors (Lipinski definition) is 1. The van der Waals surface area contributed by atoms with E-state index in [1.54, 1.807) is 0 Å². The van der Waals surface area contributed by atoms with Gasteiger partial charge >= 0.3 is 258 Å². The van der Waals surface area contributed by atoms with Crippen LogP contribution in [0, 0.1) is 0 Å². The molecule has 2 aromatic carbocycles. The second-order valence-electron chi connectivity index (χ2n) is 11.7. The molecule has 1 N–H and O–H groups in total. The van der Waals surface area contributed by atoms with E-state index in [9.17, 15) is 0 Å². The molecule has 0 amide bonds. The molecule has 2 aromatic rings. The second-order valence-corrected chi connectivity index (χ2v) is 19.6. The summed E-state index contributed by atoms with van der Waals surface area (Å²) in [5, 5.41) is 4.86. The third-order valence-electron chi connectivity index (χ3n) is 7.80. The number of benzene rings is 2. The van der Waals surface area contributed by atoms with E-state index in [1.807, 2.05) is 12.1 Å². The van der Waals surface area contributed by atoms with Crippen molar-refractivity contribution in [2.24, 2.45) is 0 Å². The topological polar surface area (TPSA) is 12.0 Å². The summed E-state index contributed by atoms with van der Waals surface area (Å²) < 4.78 is 4.56. The molecule has 0 spiro atoms. The Morgan fingerprint density at radius 3 is 1.37 bits per heavy atom. The largest absolute Gasteiger partial charge is 1.00 e. The number of rotatable bonds is 7. The smallest absolute Gasteiger partial charge is 1.00 e. The van der Waals surface area contributed by atoms with E-state index in [1.165, 1.54) is 11.1 Å². The monoisotopic (exact) mass is 701 g/mol. The van der Waals surface area contributed by atoms with Crippen LogP contribution in [0.15, 0.2) is 97.2 Å². The van der Waals surface area contributed by atoms with Crippen LogP contribution in [0.3, 0.4) is 0 Å². The summed E-state index contributed by atoms with van der Waals surface area (Å²) >= 11 is 24.3. The maximum Gasteiger partial charge on any atom is -1.00 e. The zero-order valence-electron chi connectivity index (χ0n) is 23.3. The van der Waals surface area contributed by atoms with E-state index in [-0.39, 0.29) is 46.4 Å². The summed E-state index contributed by atoms with van der Waals surface area (Å²) in [6.45, 7) is 6.77. The third-order valence-corrected chi connectivity index (χ3v) is 17.1. The summed E-state index contributed by atoms with van der Waals surface area (Å²) in [5.74, 6) is 0.0873. The van der Waals surface area contributed by atoms with Crippen LogP contribution in [-0.4, -0.2) is 5.54 Å². The van der Waals surface area contributed by atoms with Gasteiger partial charge in [-0.25, -0.2) is 0 Å². The van der Waals surface area contributed by atoms with Crippen LogP contribution in [0.2, 0.25) is 29.5 Å². The van der Waals surface area contributed by atoms with E-state index in [4.69, 9.17) is 46.4 Å². The van der Waals surface area contributed by atoms with Gasteiger partial charge in [0.2, 0.25) is 0 Å². The first-order chi connectivity index (χ1) is 18.5. The maximum atomic E-state index is 7.08. The predicted molar refractivity (Wildman–Crippen MR) is 168 cm³/mol. The molecule has 1 unspecified atom stereocenters. The van der Waals surface area contributed by atoms with Crippen molar-refractivity contribution >= 4 is 46.4 Å². The number of hydrogen-bond acceptors (Lipinski definition) is 1. The van der Waals surface area contributed by atoms with E-state index in [0.29, 0.717) is 24.3 Å². The second kappa shape index (κ2) is 13.9. The van der Waals surface area contributed by atoms with Gasteiger partial charge in [0.05, 0.1) is 0 Å². The summed E-state index contributed by atoms with van der Waals surface area (Å²) in [7, 11) is 0. The molecule has 0 heterocycles. The van der Waals surface area contributed by atoms with E-state index >= 15 is 0 Å². The molecule has 3 aliphatic rings. The van der Waals surface area contributed by atoms with Crippen molar-refractivity contribution in [3.8, 4) is 0 Å². The molecule has 0 aliphatic heterocycles. The number of allylic oxidation sites excluding steroid dienone is 12. The Hall–Kier alpha value is -0.706. The molecule has 41 heavy (non-hydrogen) atoms. The van der Waals surface area contributed by atoms with Crippen LogP contribution in [0.25, 0.3) is 0 Å². The first-order valence-corrected chi connectivity index (χ1v) is 19.0. The zero-order chi connectivity index (χ0) is 27.9. The van der Waals surface area contributed by atoms with Crippen LogP contribution >= 0.6 is 46.4 Å². The van der Waals surface area contributed by atoms with Gasteiger partial charge in [-0.05, 0) is 0 Å². The van der Waals surface area contributed by atoms with Crippen molar-refractivity contribution < 1.29 is 41.7 Å². The Morgan fingerprint density at radius 2 is 1.00 bits per heavy atom. The average molecular weight is 704 g/mol. The molecule has 218 valence electrons. The fourth-order valence-corrected chi connectivity index (χ4v) is 15.3. The summed E-state index contributed by atoms with van der Waals surface area (Å²) in [6.07, 6.45) is 26.1. The van der Waals surface area contributed by atoms with E-state index < -0.39 is 16.8 Å². The van der Waals surface area contributed by atoms with Crippen molar-refractivity contribution in [2.75, 3.05) is 0 Å². The quantitative estimate of drug-likeness (QED) is 0.390. The molecule has 0 aromatic heterocycles. The van der Waals surface area contributed by atoms with Gasteiger partial charge in [0.25, 0.3) is 0 Å². The minimum Gasteiger partial charge on any atom is -1.00 e. The third kappa shape index (κ3) is 7.01. The Kier molecular flexibility index (Phi) is 11.8. The average Bonchev–Trinajstić information content (AvgIpc) is 3.66. The van der Waals surface area contributed by atoms with Crippen molar-refractivity contribution in [2.45, 2.75) is 51.8 Å². The molecular formula is C33H33Cl6NTi-2. The van der Waals surface area contributed by atoms with Crippen molar-refractivity contribution in [1.29, 1.82) is 0 Å². The molecule has 8 heteroatoms. The Morgan fingerprint density at radius 1 is 0.634 bits per heavy atom. The predicted octanol–water partition coefficient (Wildman–Crippen LogP) is 5.24. The van der Waals surface area contributed by atoms with Gasteiger partial charge in [-0.1, -0.05) is 0 Å². The van der Waals surface area contributed by atoms with Crippen LogP contribution in [-0.2, 0) is 16.8 Å². The summed E-state index contributed by atoms with van der Waals surface area (Å²) in [6, 6.07) is 8.28. The van der Waals surface area contributed by atoms with Gasteiger partial charge in [0.1, 0.15) is 0 Å². The Labute approximate surface area is 280 Å². The summed E-state index contributed by atoms with van der Waals surface area (Å²) in [5.41, 5.74) is 4.41. The van der Waals surface area contributed by atoms with Crippen LogP contribution in [0.4, 0.5) is 0 Å². The number of nitrogens with one attached hydrogen (secondary N) is 1. The van der Waals surface area contributed by atoms with Gasteiger partial charge in [-0.2, -0.15) is 0 Å². The van der Waals surface area contributed by atoms with Crippen molar-refractivity contribution in [1.82, 2.24) is 3.80 Å². The molecule has 0 radical (unpaired) electrons. The maximum absolute atomic E-state index is 7.08. The number of halogens is 6. The molecule has 1 atom stereocenters. The Balaban J connectivity index is 0.00000231. The van der Waals surface area contributed by atoms with E-state index in [0.717, 1.165) is 11.1 Å². The standard InChI is InChI=1S/C23H15Cl4.C5H5.C4H10N.CH3.2ClH.Ti/c24-18-11-9-16(20(22(18)26)14-5-1-2-6-14)13-17-10-12-19(25)23(27)21(17)15-7-3-4-8-15;1-2-4-5-3-1;1-4(2,3)5;;;;/h1-15H;1-5H;5H,1-3H3;1H3;2*1H;/q;;-1;;;;+1/p-2. The van der Waals surface area contributed by atoms with Crippen molar-refractivity contribution in [3.05, 3.63) is 140 Å². The fourth-order valence-electron chi connectivity index (χ4n) is 6.39. The zero-order valence-corrected chi connectivity index (χ0v) is 29.4. The van der Waals surface area contributed by atoms with Gasteiger partial charge in [0.15, 0.2) is 0 Å². The van der Waals surface area contributed by atoms with Crippen LogP contribution in [0.1, 0.15) is 59.1 Å². The molecule has 3 aliphatic carbocycles. The van der Waals surface area contributed by atoms with Gasteiger partial charge in [-0.3, -0.25) is 0 Å². The first-order valence-electron chi connectivity index (χ1n) is 13.3. The molecule has 0 saturated heterocycles. The van der Waals surface area contributed by atoms with Crippen LogP contribution < -0.4 is 28.6 Å². The van der Waals surface area contributed by atoms with E-state index in [2.05, 4.69) is 115 Å². The summed E-state index contributed by atoms with van der Waals surface area (Å²) in [4.78, 5) is 0. The molecule has 5 rings (SSSR count). The molecule has 0 fully saturated rings. The van der Waals surface area contributed by atoms with Gasteiger partial charge in [0, 0.05) is 0 Å². The molecule has 0 saturated carbocycles. The van der Waals surface area contributed by atoms with Gasteiger partial charge < -0.3 is 24.8 Å². The minimum atomic E-state index is -3.25. The molecular weight excluding hydrogens is 671 g/mol. The van der Waals surface area contributed by atoms with Crippen molar-refractivity contribution in [3.63, 3.8) is 0 Å². The Bertz CT molecular complexity index is 1350. The van der Waals surface area contributed by atoms with Gasteiger partial charge in [-0.15, -0.1) is 0 Å². The normalized spacial score (nSPS) is 18.0. The first kappa shape index (κ1) is 34.8. The molecule has 0 bridgehead atoms. The minimum absolute atomic E-state index is 0. The molecule has 1 nitrogen and oxygen atoms in total. The SMILES string of the molecule is CC(C)(C)[NH][Ti]([CH3])([CH]1C=CC=C1)[CH](c1ccc(Cl)c(Cl)c1C1C=CC=C1)c1ccc(Cl)c(Cl)c1C1C=CC=C1.[Cl-].[Cl-]. The fraction of sp³-hybridized carbons (Fsp3) is 0.273. The van der Waals surface area contributed by atoms with Crippen LogP contribution in [0.5, 0.6) is 0 Å².